The van der Waals surface area contributed by atoms with Crippen molar-refractivity contribution in [3.8, 4) is 5.75 Å². The molecule has 0 unspecified atom stereocenters. The van der Waals surface area contributed by atoms with Crippen LogP contribution in [0.1, 0.15) is 38.2 Å². The lowest BCUT2D eigenvalue weighted by Crippen LogP contribution is -1.88. The SMILES string of the molecule is C=C(CCCC)CCc1cn(C)c2ccc(OC)cc12. The van der Waals surface area contributed by atoms with Gasteiger partial charge in [-0.05, 0) is 49.4 Å². The quantitative estimate of drug-likeness (QED) is 0.656. The molecule has 20 heavy (non-hydrogen) atoms. The summed E-state index contributed by atoms with van der Waals surface area (Å²) in [6.07, 6.45) is 8.03. The van der Waals surface area contributed by atoms with E-state index >= 15 is 0 Å². The van der Waals surface area contributed by atoms with Gasteiger partial charge >= 0.3 is 0 Å². The highest BCUT2D eigenvalue weighted by atomic mass is 16.5. The van der Waals surface area contributed by atoms with Crippen LogP contribution in [0.4, 0.5) is 0 Å². The van der Waals surface area contributed by atoms with E-state index in [4.69, 9.17) is 4.74 Å². The zero-order chi connectivity index (χ0) is 14.5. The topological polar surface area (TPSA) is 14.2 Å². The molecule has 108 valence electrons. The molecular weight excluding hydrogens is 246 g/mol. The minimum absolute atomic E-state index is 0.926. The molecule has 2 aromatic rings. The molecule has 0 N–H and O–H groups in total. The maximum absolute atomic E-state index is 5.34. The van der Waals surface area contributed by atoms with Crippen LogP contribution in [0.2, 0.25) is 0 Å². The summed E-state index contributed by atoms with van der Waals surface area (Å²) in [5, 5.41) is 1.30. The Labute approximate surface area is 122 Å². The van der Waals surface area contributed by atoms with E-state index in [9.17, 15) is 0 Å². The molecule has 0 amide bonds. The second-order valence-corrected chi connectivity index (χ2v) is 5.50. The van der Waals surface area contributed by atoms with E-state index in [1.165, 1.54) is 34.9 Å². The fraction of sp³-hybridized carbons (Fsp3) is 0.444. The van der Waals surface area contributed by atoms with E-state index in [0.717, 1.165) is 25.0 Å². The summed E-state index contributed by atoms with van der Waals surface area (Å²) in [7, 11) is 3.82. The highest BCUT2D eigenvalue weighted by Gasteiger charge is 2.08. The standard InChI is InChI=1S/C18H25NO/c1-5-6-7-14(2)8-9-15-13-19(3)18-11-10-16(20-4)12-17(15)18/h10-13H,2,5-9H2,1,3-4H3. The van der Waals surface area contributed by atoms with Crippen molar-refractivity contribution in [1.29, 1.82) is 0 Å². The molecule has 2 heteroatoms. The Bertz CT molecular complexity index is 595. The van der Waals surface area contributed by atoms with Crippen molar-refractivity contribution in [3.05, 3.63) is 42.1 Å². The Morgan fingerprint density at radius 1 is 1.30 bits per heavy atom. The van der Waals surface area contributed by atoms with Crippen LogP contribution < -0.4 is 4.74 Å². The summed E-state index contributed by atoms with van der Waals surface area (Å²) in [5.41, 5.74) is 4.02. The molecule has 0 atom stereocenters. The second-order valence-electron chi connectivity index (χ2n) is 5.50. The number of unbranched alkanes of at least 4 members (excludes halogenated alkanes) is 1. The highest BCUT2D eigenvalue weighted by Crippen LogP contribution is 2.27. The van der Waals surface area contributed by atoms with Gasteiger partial charge in [0, 0.05) is 24.1 Å². The van der Waals surface area contributed by atoms with Crippen molar-refractivity contribution in [3.63, 3.8) is 0 Å². The fourth-order valence-corrected chi connectivity index (χ4v) is 2.64. The van der Waals surface area contributed by atoms with Gasteiger partial charge in [0.2, 0.25) is 0 Å². The molecule has 0 bridgehead atoms. The van der Waals surface area contributed by atoms with Crippen LogP contribution >= 0.6 is 0 Å². The first-order valence-corrected chi connectivity index (χ1v) is 7.44. The molecule has 1 aromatic carbocycles. The van der Waals surface area contributed by atoms with E-state index in [1.807, 2.05) is 6.07 Å². The zero-order valence-electron chi connectivity index (χ0n) is 12.9. The van der Waals surface area contributed by atoms with Gasteiger partial charge in [-0.3, -0.25) is 0 Å². The molecule has 0 fully saturated rings. The molecule has 1 heterocycles. The average Bonchev–Trinajstić information content (AvgIpc) is 2.78. The van der Waals surface area contributed by atoms with Crippen LogP contribution in [0.25, 0.3) is 10.9 Å². The Kier molecular flexibility index (Phi) is 4.89. The molecule has 0 radical (unpaired) electrons. The van der Waals surface area contributed by atoms with Gasteiger partial charge in [0.1, 0.15) is 5.75 Å². The zero-order valence-corrected chi connectivity index (χ0v) is 12.9. The van der Waals surface area contributed by atoms with Gasteiger partial charge in [-0.2, -0.15) is 0 Å². The number of benzene rings is 1. The molecular formula is C18H25NO. The molecule has 0 aliphatic carbocycles. The highest BCUT2D eigenvalue weighted by molar-refractivity contribution is 5.85. The Morgan fingerprint density at radius 2 is 2.10 bits per heavy atom. The third-order valence-electron chi connectivity index (χ3n) is 3.91. The lowest BCUT2D eigenvalue weighted by molar-refractivity contribution is 0.415. The van der Waals surface area contributed by atoms with Gasteiger partial charge in [0.25, 0.3) is 0 Å². The van der Waals surface area contributed by atoms with Gasteiger partial charge in [-0.25, -0.2) is 0 Å². The number of fused-ring (bicyclic) bond motifs is 1. The monoisotopic (exact) mass is 271 g/mol. The van der Waals surface area contributed by atoms with Crippen LogP contribution in [-0.2, 0) is 13.5 Å². The van der Waals surface area contributed by atoms with E-state index in [1.54, 1.807) is 7.11 Å². The molecule has 0 aliphatic heterocycles. The van der Waals surface area contributed by atoms with Crippen molar-refractivity contribution in [2.45, 2.75) is 39.0 Å². The van der Waals surface area contributed by atoms with Crippen molar-refractivity contribution in [2.24, 2.45) is 7.05 Å². The summed E-state index contributed by atoms with van der Waals surface area (Å²) >= 11 is 0. The summed E-state index contributed by atoms with van der Waals surface area (Å²) in [5.74, 6) is 0.926. The van der Waals surface area contributed by atoms with Crippen LogP contribution in [0, 0.1) is 0 Å². The van der Waals surface area contributed by atoms with Gasteiger partial charge in [0.15, 0.2) is 0 Å². The normalized spacial score (nSPS) is 10.9. The molecule has 0 saturated carbocycles. The van der Waals surface area contributed by atoms with Gasteiger partial charge < -0.3 is 9.30 Å². The third-order valence-corrected chi connectivity index (χ3v) is 3.91. The Morgan fingerprint density at radius 3 is 2.80 bits per heavy atom. The van der Waals surface area contributed by atoms with Crippen molar-refractivity contribution >= 4 is 10.9 Å². The maximum atomic E-state index is 5.34. The number of ether oxygens (including phenoxy) is 1. The first-order chi connectivity index (χ1) is 9.65. The smallest absolute Gasteiger partial charge is 0.119 e. The number of hydrogen-bond acceptors (Lipinski definition) is 1. The van der Waals surface area contributed by atoms with E-state index in [0.29, 0.717) is 0 Å². The second kappa shape index (κ2) is 6.65. The molecule has 0 aliphatic rings. The molecule has 2 rings (SSSR count). The van der Waals surface area contributed by atoms with E-state index in [-0.39, 0.29) is 0 Å². The number of nitrogens with zero attached hydrogens (tertiary/aromatic N) is 1. The lowest BCUT2D eigenvalue weighted by atomic mass is 10.0. The Hall–Kier alpha value is -1.70. The summed E-state index contributed by atoms with van der Waals surface area (Å²) in [6.45, 7) is 6.42. The largest absolute Gasteiger partial charge is 0.497 e. The molecule has 0 saturated heterocycles. The third kappa shape index (κ3) is 3.24. The fourth-order valence-electron chi connectivity index (χ4n) is 2.64. The minimum Gasteiger partial charge on any atom is -0.497 e. The lowest BCUT2D eigenvalue weighted by Gasteiger charge is -2.05. The number of allylic oxidation sites excluding steroid dienone is 1. The predicted molar refractivity (Wildman–Crippen MR) is 86.5 cm³/mol. The number of methoxy groups -OCH3 is 1. The van der Waals surface area contributed by atoms with Crippen LogP contribution in [0.5, 0.6) is 5.75 Å². The molecule has 0 spiro atoms. The van der Waals surface area contributed by atoms with Crippen LogP contribution in [-0.4, -0.2) is 11.7 Å². The number of aromatic nitrogens is 1. The first kappa shape index (κ1) is 14.7. The van der Waals surface area contributed by atoms with Gasteiger partial charge in [-0.1, -0.05) is 25.5 Å². The average molecular weight is 271 g/mol. The van der Waals surface area contributed by atoms with Crippen molar-refractivity contribution in [2.75, 3.05) is 7.11 Å². The van der Waals surface area contributed by atoms with E-state index in [2.05, 4.69) is 43.4 Å². The molecule has 2 nitrogen and oxygen atoms in total. The number of rotatable bonds is 7. The minimum atomic E-state index is 0.926. The van der Waals surface area contributed by atoms with Gasteiger partial charge in [-0.15, -0.1) is 0 Å². The number of aryl methyl sites for hydroxylation is 2. The van der Waals surface area contributed by atoms with Crippen LogP contribution in [0.3, 0.4) is 0 Å². The Balaban J connectivity index is 2.15. The summed E-state index contributed by atoms with van der Waals surface area (Å²) < 4.78 is 7.53. The van der Waals surface area contributed by atoms with Crippen LogP contribution in [0.15, 0.2) is 36.5 Å². The molecule has 1 aromatic heterocycles. The first-order valence-electron chi connectivity index (χ1n) is 7.44. The van der Waals surface area contributed by atoms with Crippen molar-refractivity contribution < 1.29 is 4.74 Å². The summed E-state index contributed by atoms with van der Waals surface area (Å²) in [6, 6.07) is 6.29. The number of hydrogen-bond donors (Lipinski definition) is 0. The van der Waals surface area contributed by atoms with Crippen molar-refractivity contribution in [1.82, 2.24) is 4.57 Å². The van der Waals surface area contributed by atoms with E-state index < -0.39 is 0 Å². The summed E-state index contributed by atoms with van der Waals surface area (Å²) in [4.78, 5) is 0. The maximum Gasteiger partial charge on any atom is 0.119 e. The van der Waals surface area contributed by atoms with Gasteiger partial charge in [0.05, 0.1) is 7.11 Å². The predicted octanol–water partition coefficient (Wildman–Crippen LogP) is 4.87.